The third-order valence-electron chi connectivity index (χ3n) is 5.31. The lowest BCUT2D eigenvalue weighted by Gasteiger charge is -2.26. The summed E-state index contributed by atoms with van der Waals surface area (Å²) in [6.07, 6.45) is 8.10. The molecule has 3 fully saturated rings. The first-order chi connectivity index (χ1) is 12.3. The molecule has 1 atom stereocenters. The van der Waals surface area contributed by atoms with E-state index in [2.05, 4.69) is 15.2 Å². The average molecular weight is 482 g/mol. The van der Waals surface area contributed by atoms with E-state index in [4.69, 9.17) is 19.9 Å². The van der Waals surface area contributed by atoms with Crippen molar-refractivity contribution in [1.29, 1.82) is 0 Å². The fourth-order valence-corrected chi connectivity index (χ4v) is 3.84. The van der Waals surface area contributed by atoms with Gasteiger partial charge in [-0.3, -0.25) is 9.89 Å². The Labute approximate surface area is 174 Å². The highest BCUT2D eigenvalue weighted by Gasteiger charge is 2.41. The van der Waals surface area contributed by atoms with Crippen LogP contribution in [0.25, 0.3) is 0 Å². The molecule has 2 aliphatic heterocycles. The summed E-state index contributed by atoms with van der Waals surface area (Å²) in [5.41, 5.74) is 5.97. The van der Waals surface area contributed by atoms with Crippen molar-refractivity contribution in [3.8, 4) is 0 Å². The van der Waals surface area contributed by atoms with Crippen molar-refractivity contribution < 1.29 is 14.2 Å². The van der Waals surface area contributed by atoms with Gasteiger partial charge in [-0.05, 0) is 25.8 Å². The minimum absolute atomic E-state index is 0. The summed E-state index contributed by atoms with van der Waals surface area (Å²) in [6.45, 7) is 6.89. The highest BCUT2D eigenvalue weighted by molar-refractivity contribution is 14.0. The van der Waals surface area contributed by atoms with Crippen LogP contribution in [-0.4, -0.2) is 75.3 Å². The Kier molecular flexibility index (Phi) is 9.90. The number of nitrogens with zero attached hydrogens (tertiary/aromatic N) is 2. The lowest BCUT2D eigenvalue weighted by Crippen LogP contribution is -2.39. The Morgan fingerprint density at radius 3 is 2.62 bits per heavy atom. The molecule has 0 radical (unpaired) electrons. The van der Waals surface area contributed by atoms with Gasteiger partial charge in [0.15, 0.2) is 11.7 Å². The van der Waals surface area contributed by atoms with Crippen molar-refractivity contribution in [1.82, 2.24) is 10.2 Å². The van der Waals surface area contributed by atoms with Crippen LogP contribution >= 0.6 is 24.0 Å². The Morgan fingerprint density at radius 1 is 1.15 bits per heavy atom. The molecule has 1 spiro atoms. The highest BCUT2D eigenvalue weighted by atomic mass is 127. The molecule has 2 saturated heterocycles. The topological polar surface area (TPSA) is 81.3 Å². The molecule has 3 rings (SSSR count). The van der Waals surface area contributed by atoms with Crippen molar-refractivity contribution in [3.05, 3.63) is 0 Å². The van der Waals surface area contributed by atoms with Crippen LogP contribution in [0.2, 0.25) is 0 Å². The van der Waals surface area contributed by atoms with E-state index in [0.717, 1.165) is 58.7 Å². The quantitative estimate of drug-likeness (QED) is 0.260. The number of hydrogen-bond donors (Lipinski definition) is 2. The van der Waals surface area contributed by atoms with E-state index in [1.807, 2.05) is 0 Å². The maximum absolute atomic E-state index is 6.19. The van der Waals surface area contributed by atoms with Crippen LogP contribution in [-0.2, 0) is 14.2 Å². The second-order valence-electron chi connectivity index (χ2n) is 7.34. The number of nitrogens with one attached hydrogen (secondary N) is 1. The molecule has 3 aliphatic rings. The molecule has 0 aromatic rings. The summed E-state index contributed by atoms with van der Waals surface area (Å²) in [7, 11) is 0. The van der Waals surface area contributed by atoms with Gasteiger partial charge in [0, 0.05) is 32.5 Å². The predicted octanol–water partition coefficient (Wildman–Crippen LogP) is 1.70. The molecule has 152 valence electrons. The Hall–Kier alpha value is -0.160. The largest absolute Gasteiger partial charge is 0.379 e. The molecule has 26 heavy (non-hydrogen) atoms. The summed E-state index contributed by atoms with van der Waals surface area (Å²) in [5.74, 6) is 0.171. The van der Waals surface area contributed by atoms with Crippen molar-refractivity contribution >= 4 is 29.9 Å². The first-order valence-electron chi connectivity index (χ1n) is 9.91. The van der Waals surface area contributed by atoms with Gasteiger partial charge in [-0.25, -0.2) is 0 Å². The third kappa shape index (κ3) is 7.10. The number of aliphatic imine (C=N–C) groups is 1. The van der Waals surface area contributed by atoms with Gasteiger partial charge in [0.05, 0.1) is 26.4 Å². The maximum atomic E-state index is 6.19. The molecule has 0 amide bonds. The normalized spacial score (nSPS) is 27.1. The standard InChI is InChI=1S/C18H34N4O3.HI/c19-17(20-8-5-9-22-10-12-23-13-11-22)21-14-16-15-24-18(25-16)6-3-1-2-4-7-18;/h16H,1-15H2,(H3,19,20,21);1H. The molecule has 0 aromatic carbocycles. The molecule has 1 saturated carbocycles. The second kappa shape index (κ2) is 11.6. The predicted molar refractivity (Wildman–Crippen MR) is 113 cm³/mol. The van der Waals surface area contributed by atoms with E-state index in [-0.39, 0.29) is 35.9 Å². The molecule has 7 nitrogen and oxygen atoms in total. The van der Waals surface area contributed by atoms with Crippen LogP contribution in [0.3, 0.4) is 0 Å². The molecule has 1 aliphatic carbocycles. The average Bonchev–Trinajstić information content (AvgIpc) is 2.89. The number of rotatable bonds is 6. The van der Waals surface area contributed by atoms with Crippen LogP contribution in [0.15, 0.2) is 4.99 Å². The van der Waals surface area contributed by atoms with Gasteiger partial charge < -0.3 is 25.3 Å². The molecule has 0 bridgehead atoms. The van der Waals surface area contributed by atoms with E-state index >= 15 is 0 Å². The fourth-order valence-electron chi connectivity index (χ4n) is 3.84. The summed E-state index contributed by atoms with van der Waals surface area (Å²) >= 11 is 0. The lowest BCUT2D eigenvalue weighted by atomic mass is 10.1. The first-order valence-corrected chi connectivity index (χ1v) is 9.91. The van der Waals surface area contributed by atoms with Gasteiger partial charge in [0.1, 0.15) is 6.10 Å². The molecular formula is C18H35IN4O3. The van der Waals surface area contributed by atoms with Gasteiger partial charge in [-0.15, -0.1) is 24.0 Å². The number of nitrogens with two attached hydrogens (primary N) is 1. The lowest BCUT2D eigenvalue weighted by molar-refractivity contribution is -0.174. The molecule has 2 heterocycles. The number of morpholine rings is 1. The summed E-state index contributed by atoms with van der Waals surface area (Å²) in [4.78, 5) is 6.86. The Morgan fingerprint density at radius 2 is 1.88 bits per heavy atom. The zero-order valence-electron chi connectivity index (χ0n) is 15.8. The minimum Gasteiger partial charge on any atom is -0.379 e. The van der Waals surface area contributed by atoms with E-state index in [1.54, 1.807) is 0 Å². The zero-order valence-corrected chi connectivity index (χ0v) is 18.1. The van der Waals surface area contributed by atoms with E-state index in [1.165, 1.54) is 25.7 Å². The highest BCUT2D eigenvalue weighted by Crippen LogP contribution is 2.36. The molecule has 3 N–H and O–H groups in total. The van der Waals surface area contributed by atoms with Crippen molar-refractivity contribution in [3.63, 3.8) is 0 Å². The number of guanidine groups is 1. The van der Waals surface area contributed by atoms with Crippen molar-refractivity contribution in [2.24, 2.45) is 10.7 Å². The number of hydrogen-bond acceptors (Lipinski definition) is 5. The molecule has 8 heteroatoms. The van der Waals surface area contributed by atoms with Gasteiger partial charge in [0.25, 0.3) is 0 Å². The second-order valence-corrected chi connectivity index (χ2v) is 7.34. The third-order valence-corrected chi connectivity index (χ3v) is 5.31. The maximum Gasteiger partial charge on any atom is 0.188 e. The fraction of sp³-hybridized carbons (Fsp3) is 0.944. The van der Waals surface area contributed by atoms with Crippen LogP contribution < -0.4 is 11.1 Å². The van der Waals surface area contributed by atoms with Crippen molar-refractivity contribution in [2.45, 2.75) is 56.8 Å². The Balaban J connectivity index is 0.00000243. The van der Waals surface area contributed by atoms with Crippen LogP contribution in [0, 0.1) is 0 Å². The molecule has 0 aromatic heterocycles. The van der Waals surface area contributed by atoms with Crippen LogP contribution in [0.1, 0.15) is 44.9 Å². The summed E-state index contributed by atoms with van der Waals surface area (Å²) < 4.78 is 17.6. The number of halogens is 1. The Bertz CT molecular complexity index is 425. The van der Waals surface area contributed by atoms with Gasteiger partial charge in [-0.2, -0.15) is 0 Å². The van der Waals surface area contributed by atoms with Gasteiger partial charge in [0.2, 0.25) is 0 Å². The van der Waals surface area contributed by atoms with E-state index in [9.17, 15) is 0 Å². The molecule has 1 unspecified atom stereocenters. The summed E-state index contributed by atoms with van der Waals surface area (Å²) in [5, 5.41) is 3.20. The van der Waals surface area contributed by atoms with E-state index in [0.29, 0.717) is 19.1 Å². The van der Waals surface area contributed by atoms with Gasteiger partial charge >= 0.3 is 0 Å². The zero-order chi connectivity index (χ0) is 17.4. The van der Waals surface area contributed by atoms with Crippen molar-refractivity contribution in [2.75, 3.05) is 52.5 Å². The van der Waals surface area contributed by atoms with E-state index < -0.39 is 0 Å². The van der Waals surface area contributed by atoms with Crippen LogP contribution in [0.4, 0.5) is 0 Å². The smallest absolute Gasteiger partial charge is 0.188 e. The SMILES string of the molecule is I.NC(=NCC1COC2(CCCCCC2)O1)NCCCN1CCOCC1. The molecular weight excluding hydrogens is 447 g/mol. The van der Waals surface area contributed by atoms with Crippen LogP contribution in [0.5, 0.6) is 0 Å². The first kappa shape index (κ1) is 22.1. The number of ether oxygens (including phenoxy) is 3. The minimum atomic E-state index is -0.336. The monoisotopic (exact) mass is 482 g/mol. The van der Waals surface area contributed by atoms with Gasteiger partial charge in [-0.1, -0.05) is 12.8 Å². The summed E-state index contributed by atoms with van der Waals surface area (Å²) in [6, 6.07) is 0.